The second-order valence-electron chi connectivity index (χ2n) is 4.76. The van der Waals surface area contributed by atoms with Crippen LogP contribution in [0, 0.1) is 17.8 Å². The predicted octanol–water partition coefficient (Wildman–Crippen LogP) is 3.95. The van der Waals surface area contributed by atoms with Gasteiger partial charge in [0.2, 0.25) is 0 Å². The van der Waals surface area contributed by atoms with Crippen LogP contribution < -0.4 is 0 Å². The number of rotatable bonds is 1. The molecule has 0 bridgehead atoms. The number of allylic oxidation sites excluding steroid dienone is 4. The zero-order valence-electron chi connectivity index (χ0n) is 8.79. The Morgan fingerprint density at radius 2 is 2.15 bits per heavy atom. The fraction of sp³-hybridized carbons (Fsp3) is 0.692. The lowest BCUT2D eigenvalue weighted by Crippen LogP contribution is -2.23. The van der Waals surface area contributed by atoms with E-state index in [1.54, 1.807) is 5.57 Å². The first-order valence-electron chi connectivity index (χ1n) is 5.65. The SMILES string of the molecule is CC(C)C1CCCC2C=CCC=C21. The van der Waals surface area contributed by atoms with Gasteiger partial charge in [-0.05, 0) is 37.0 Å². The molecule has 0 heteroatoms. The molecule has 72 valence electrons. The Balaban J connectivity index is 2.17. The van der Waals surface area contributed by atoms with Gasteiger partial charge in [0.15, 0.2) is 0 Å². The second kappa shape index (κ2) is 3.69. The van der Waals surface area contributed by atoms with Crippen molar-refractivity contribution in [2.24, 2.45) is 17.8 Å². The van der Waals surface area contributed by atoms with Crippen LogP contribution in [0.15, 0.2) is 23.8 Å². The van der Waals surface area contributed by atoms with Gasteiger partial charge in [0, 0.05) is 0 Å². The lowest BCUT2D eigenvalue weighted by molar-refractivity contribution is 0.324. The molecule has 0 aliphatic heterocycles. The minimum Gasteiger partial charge on any atom is -0.0841 e. The lowest BCUT2D eigenvalue weighted by Gasteiger charge is -2.35. The maximum absolute atomic E-state index is 2.48. The average molecular weight is 176 g/mol. The number of hydrogen-bond donors (Lipinski definition) is 0. The summed E-state index contributed by atoms with van der Waals surface area (Å²) in [5, 5.41) is 0. The zero-order chi connectivity index (χ0) is 9.26. The van der Waals surface area contributed by atoms with Crippen molar-refractivity contribution >= 4 is 0 Å². The fourth-order valence-corrected chi connectivity index (χ4v) is 2.84. The highest BCUT2D eigenvalue weighted by molar-refractivity contribution is 5.24. The highest BCUT2D eigenvalue weighted by atomic mass is 14.3. The molecule has 0 amide bonds. The largest absolute Gasteiger partial charge is 0.0841 e. The maximum Gasteiger partial charge on any atom is -0.00202 e. The van der Waals surface area contributed by atoms with Crippen LogP contribution in [0.25, 0.3) is 0 Å². The van der Waals surface area contributed by atoms with Gasteiger partial charge >= 0.3 is 0 Å². The summed E-state index contributed by atoms with van der Waals surface area (Å²) in [5.41, 5.74) is 1.75. The van der Waals surface area contributed by atoms with Gasteiger partial charge in [0.05, 0.1) is 0 Å². The molecule has 0 radical (unpaired) electrons. The topological polar surface area (TPSA) is 0 Å². The standard InChI is InChI=1S/C13H20/c1-10(2)12-9-5-7-11-6-3-4-8-13(11)12/h3,6,8,10-12H,4-5,7,9H2,1-2H3. The monoisotopic (exact) mass is 176 g/mol. The summed E-state index contributed by atoms with van der Waals surface area (Å²) < 4.78 is 0. The Kier molecular flexibility index (Phi) is 2.57. The molecule has 0 heterocycles. The van der Waals surface area contributed by atoms with Crippen molar-refractivity contribution < 1.29 is 0 Å². The Morgan fingerprint density at radius 3 is 2.92 bits per heavy atom. The van der Waals surface area contributed by atoms with Crippen molar-refractivity contribution in [2.45, 2.75) is 39.5 Å². The average Bonchev–Trinajstić information content (AvgIpc) is 2.17. The molecule has 13 heavy (non-hydrogen) atoms. The van der Waals surface area contributed by atoms with Crippen LogP contribution in [0.1, 0.15) is 39.5 Å². The summed E-state index contributed by atoms with van der Waals surface area (Å²) in [4.78, 5) is 0. The van der Waals surface area contributed by atoms with E-state index >= 15 is 0 Å². The molecule has 0 aromatic carbocycles. The zero-order valence-corrected chi connectivity index (χ0v) is 8.79. The normalized spacial score (nSPS) is 33.0. The van der Waals surface area contributed by atoms with Crippen LogP contribution >= 0.6 is 0 Å². The van der Waals surface area contributed by atoms with E-state index in [1.165, 1.54) is 25.7 Å². The third-order valence-electron chi connectivity index (χ3n) is 3.55. The summed E-state index contributed by atoms with van der Waals surface area (Å²) in [6.45, 7) is 4.73. The van der Waals surface area contributed by atoms with E-state index in [2.05, 4.69) is 32.1 Å². The molecule has 0 nitrogen and oxygen atoms in total. The Hall–Kier alpha value is -0.520. The van der Waals surface area contributed by atoms with Gasteiger partial charge in [-0.1, -0.05) is 44.1 Å². The fourth-order valence-electron chi connectivity index (χ4n) is 2.84. The van der Waals surface area contributed by atoms with Crippen LogP contribution in [-0.2, 0) is 0 Å². The van der Waals surface area contributed by atoms with Crippen molar-refractivity contribution in [3.63, 3.8) is 0 Å². The van der Waals surface area contributed by atoms with E-state index < -0.39 is 0 Å². The molecule has 2 rings (SSSR count). The van der Waals surface area contributed by atoms with Gasteiger partial charge in [-0.15, -0.1) is 0 Å². The minimum absolute atomic E-state index is 0.801. The van der Waals surface area contributed by atoms with Crippen LogP contribution in [0.3, 0.4) is 0 Å². The van der Waals surface area contributed by atoms with Crippen molar-refractivity contribution in [3.8, 4) is 0 Å². The van der Waals surface area contributed by atoms with E-state index in [4.69, 9.17) is 0 Å². The molecule has 2 unspecified atom stereocenters. The number of hydrogen-bond acceptors (Lipinski definition) is 0. The van der Waals surface area contributed by atoms with Crippen molar-refractivity contribution in [2.75, 3.05) is 0 Å². The van der Waals surface area contributed by atoms with Crippen molar-refractivity contribution in [1.29, 1.82) is 0 Å². The molecule has 0 spiro atoms. The molecule has 2 atom stereocenters. The molecule has 0 N–H and O–H groups in total. The highest BCUT2D eigenvalue weighted by Gasteiger charge is 2.28. The third-order valence-corrected chi connectivity index (χ3v) is 3.55. The Labute approximate surface area is 81.7 Å². The third kappa shape index (κ3) is 1.72. The molecule has 2 aliphatic rings. The number of fused-ring (bicyclic) bond motifs is 1. The second-order valence-corrected chi connectivity index (χ2v) is 4.76. The molecular weight excluding hydrogens is 156 g/mol. The summed E-state index contributed by atoms with van der Waals surface area (Å²) in [6.07, 6.45) is 12.7. The van der Waals surface area contributed by atoms with Gasteiger partial charge in [0.1, 0.15) is 0 Å². The van der Waals surface area contributed by atoms with E-state index in [0.29, 0.717) is 0 Å². The summed E-state index contributed by atoms with van der Waals surface area (Å²) in [5.74, 6) is 2.51. The predicted molar refractivity (Wildman–Crippen MR) is 57.5 cm³/mol. The van der Waals surface area contributed by atoms with Gasteiger partial charge < -0.3 is 0 Å². The lowest BCUT2D eigenvalue weighted by atomic mass is 9.70. The quantitative estimate of drug-likeness (QED) is 0.531. The van der Waals surface area contributed by atoms with E-state index in [0.717, 1.165) is 17.8 Å². The summed E-state index contributed by atoms with van der Waals surface area (Å²) in [7, 11) is 0. The Bertz CT molecular complexity index is 232. The van der Waals surface area contributed by atoms with Crippen LogP contribution in [0.2, 0.25) is 0 Å². The van der Waals surface area contributed by atoms with Crippen LogP contribution in [-0.4, -0.2) is 0 Å². The highest BCUT2D eigenvalue weighted by Crippen LogP contribution is 2.40. The molecular formula is C13H20. The van der Waals surface area contributed by atoms with E-state index in [1.807, 2.05) is 0 Å². The maximum atomic E-state index is 2.48. The molecule has 0 aromatic heterocycles. The van der Waals surface area contributed by atoms with E-state index in [-0.39, 0.29) is 0 Å². The molecule has 0 saturated heterocycles. The molecule has 0 aromatic rings. The van der Waals surface area contributed by atoms with Crippen molar-refractivity contribution in [3.05, 3.63) is 23.8 Å². The molecule has 2 aliphatic carbocycles. The first-order valence-corrected chi connectivity index (χ1v) is 5.65. The van der Waals surface area contributed by atoms with Gasteiger partial charge in [-0.3, -0.25) is 0 Å². The molecule has 1 saturated carbocycles. The van der Waals surface area contributed by atoms with Crippen LogP contribution in [0.4, 0.5) is 0 Å². The van der Waals surface area contributed by atoms with Gasteiger partial charge in [-0.25, -0.2) is 0 Å². The van der Waals surface area contributed by atoms with Gasteiger partial charge in [-0.2, -0.15) is 0 Å². The minimum atomic E-state index is 0.801. The first-order chi connectivity index (χ1) is 6.29. The smallest absolute Gasteiger partial charge is 0.00202 e. The summed E-state index contributed by atoms with van der Waals surface area (Å²) in [6, 6.07) is 0. The van der Waals surface area contributed by atoms with Crippen molar-refractivity contribution in [1.82, 2.24) is 0 Å². The van der Waals surface area contributed by atoms with Gasteiger partial charge in [0.25, 0.3) is 0 Å². The molecule has 1 fully saturated rings. The Morgan fingerprint density at radius 1 is 1.31 bits per heavy atom. The van der Waals surface area contributed by atoms with Crippen LogP contribution in [0.5, 0.6) is 0 Å². The van der Waals surface area contributed by atoms with E-state index in [9.17, 15) is 0 Å². The summed E-state index contributed by atoms with van der Waals surface area (Å²) >= 11 is 0. The first kappa shape index (κ1) is 9.05.